The van der Waals surface area contributed by atoms with Crippen LogP contribution < -0.4 is 9.80 Å². The van der Waals surface area contributed by atoms with Crippen molar-refractivity contribution in [1.82, 2.24) is 14.9 Å². The Morgan fingerprint density at radius 1 is 0.938 bits per heavy atom. The summed E-state index contributed by atoms with van der Waals surface area (Å²) in [4.78, 5) is 17.2. The highest BCUT2D eigenvalue weighted by molar-refractivity contribution is 5.95. The Hall–Kier alpha value is -2.70. The van der Waals surface area contributed by atoms with Crippen molar-refractivity contribution in [3.63, 3.8) is 0 Å². The monoisotopic (exact) mass is 431 g/mol. The number of morpholine rings is 1. The normalized spacial score (nSPS) is 22.5. The van der Waals surface area contributed by atoms with Crippen LogP contribution in [0.4, 0.5) is 11.6 Å². The van der Waals surface area contributed by atoms with E-state index in [1.165, 1.54) is 10.8 Å². The predicted octanol–water partition coefficient (Wildman–Crippen LogP) is 4.05. The topological polar surface area (TPSA) is 44.7 Å². The maximum atomic E-state index is 5.87. The Labute approximate surface area is 190 Å². The highest BCUT2D eigenvalue weighted by atomic mass is 16.5. The molecular formula is C26H33N5O. The zero-order valence-corrected chi connectivity index (χ0v) is 19.4. The van der Waals surface area contributed by atoms with E-state index >= 15 is 0 Å². The Kier molecular flexibility index (Phi) is 5.98. The second-order valence-electron chi connectivity index (χ2n) is 9.04. The zero-order valence-electron chi connectivity index (χ0n) is 19.4. The van der Waals surface area contributed by atoms with E-state index in [4.69, 9.17) is 14.7 Å². The number of ether oxygens (including phenoxy) is 1. The number of hydrogen-bond donors (Lipinski definition) is 0. The third-order valence-electron chi connectivity index (χ3n) is 6.63. The molecule has 2 saturated heterocycles. The Morgan fingerprint density at radius 3 is 2.38 bits per heavy atom. The Bertz CT molecular complexity index is 1050. The van der Waals surface area contributed by atoms with Gasteiger partial charge < -0.3 is 19.4 Å². The van der Waals surface area contributed by atoms with Crippen molar-refractivity contribution in [3.8, 4) is 11.3 Å². The maximum Gasteiger partial charge on any atom is 0.137 e. The van der Waals surface area contributed by atoms with Crippen LogP contribution in [0.15, 0.2) is 48.7 Å². The molecule has 0 unspecified atom stereocenters. The summed E-state index contributed by atoms with van der Waals surface area (Å²) >= 11 is 0. The van der Waals surface area contributed by atoms with Crippen molar-refractivity contribution in [2.24, 2.45) is 0 Å². The molecule has 1 aromatic carbocycles. The average molecular weight is 432 g/mol. The molecular weight excluding hydrogens is 398 g/mol. The van der Waals surface area contributed by atoms with Crippen molar-refractivity contribution in [1.29, 1.82) is 0 Å². The van der Waals surface area contributed by atoms with Gasteiger partial charge in [-0.15, -0.1) is 0 Å². The van der Waals surface area contributed by atoms with Crippen LogP contribution >= 0.6 is 0 Å². The van der Waals surface area contributed by atoms with Crippen molar-refractivity contribution in [2.75, 3.05) is 55.6 Å². The van der Waals surface area contributed by atoms with Crippen LogP contribution in [0, 0.1) is 0 Å². The quantitative estimate of drug-likeness (QED) is 0.621. The van der Waals surface area contributed by atoms with E-state index < -0.39 is 0 Å². The molecule has 0 radical (unpaired) electrons. The molecule has 2 fully saturated rings. The van der Waals surface area contributed by atoms with Gasteiger partial charge in [0.15, 0.2) is 0 Å². The van der Waals surface area contributed by atoms with Crippen molar-refractivity contribution in [2.45, 2.75) is 33.0 Å². The van der Waals surface area contributed by atoms with Gasteiger partial charge in [0.05, 0.1) is 17.9 Å². The van der Waals surface area contributed by atoms with Gasteiger partial charge >= 0.3 is 0 Å². The summed E-state index contributed by atoms with van der Waals surface area (Å²) in [5, 5.41) is 2.45. The first kappa shape index (κ1) is 21.2. The summed E-state index contributed by atoms with van der Waals surface area (Å²) in [6.07, 6.45) is 2.41. The summed E-state index contributed by atoms with van der Waals surface area (Å²) in [5.41, 5.74) is 2.04. The van der Waals surface area contributed by atoms with Crippen LogP contribution in [-0.2, 0) is 4.74 Å². The molecule has 2 aromatic heterocycles. The second kappa shape index (κ2) is 9.04. The van der Waals surface area contributed by atoms with Crippen LogP contribution in [0.5, 0.6) is 0 Å². The molecule has 0 bridgehead atoms. The molecule has 3 aromatic rings. The number of pyridine rings is 2. The lowest BCUT2D eigenvalue weighted by Crippen LogP contribution is -2.46. The summed E-state index contributed by atoms with van der Waals surface area (Å²) < 4.78 is 5.87. The van der Waals surface area contributed by atoms with E-state index in [0.29, 0.717) is 0 Å². The van der Waals surface area contributed by atoms with Crippen molar-refractivity contribution < 1.29 is 4.74 Å². The van der Waals surface area contributed by atoms with Crippen LogP contribution in [0.25, 0.3) is 22.0 Å². The fraction of sp³-hybridized carbons (Fsp3) is 0.462. The number of benzene rings is 1. The van der Waals surface area contributed by atoms with Crippen LogP contribution in [0.2, 0.25) is 0 Å². The van der Waals surface area contributed by atoms with Gasteiger partial charge in [0.2, 0.25) is 0 Å². The van der Waals surface area contributed by atoms with Gasteiger partial charge in [0.25, 0.3) is 0 Å². The number of likely N-dealkylation sites (N-methyl/N-ethyl adjacent to an activating group) is 1. The van der Waals surface area contributed by atoms with Crippen LogP contribution in [0.3, 0.4) is 0 Å². The van der Waals surface area contributed by atoms with E-state index in [0.717, 1.165) is 68.7 Å². The largest absolute Gasteiger partial charge is 0.372 e. The van der Waals surface area contributed by atoms with E-state index in [-0.39, 0.29) is 12.2 Å². The number of hydrogen-bond acceptors (Lipinski definition) is 6. The first-order valence-electron chi connectivity index (χ1n) is 11.8. The summed E-state index contributed by atoms with van der Waals surface area (Å²) in [5.74, 6) is 2.10. The Balaban J connectivity index is 1.45. The fourth-order valence-electron chi connectivity index (χ4n) is 4.93. The number of anilines is 2. The van der Waals surface area contributed by atoms with Gasteiger partial charge in [0.1, 0.15) is 11.6 Å². The van der Waals surface area contributed by atoms with E-state index in [1.807, 2.05) is 6.20 Å². The number of rotatable bonds is 4. The molecule has 2 atom stereocenters. The van der Waals surface area contributed by atoms with E-state index in [9.17, 15) is 0 Å². The number of aromatic nitrogens is 2. The minimum Gasteiger partial charge on any atom is -0.372 e. The van der Waals surface area contributed by atoms with Gasteiger partial charge in [-0.25, -0.2) is 9.97 Å². The van der Waals surface area contributed by atoms with E-state index in [1.54, 1.807) is 0 Å². The first-order chi connectivity index (χ1) is 15.6. The molecule has 0 aliphatic carbocycles. The van der Waals surface area contributed by atoms with Gasteiger partial charge in [0, 0.05) is 56.4 Å². The van der Waals surface area contributed by atoms with E-state index in [2.05, 4.69) is 77.9 Å². The standard InChI is InChI=1S/C26H33N5O/c1-4-29-11-13-30(14-12-29)26-23-8-6-5-7-21(23)15-24(28-26)22-9-10-25(27-16-22)31-17-19(2)32-20(3)18-31/h5-10,15-16,19-20H,4,11-14,17-18H2,1-3H3/t19-,20+. The zero-order chi connectivity index (χ0) is 22.1. The van der Waals surface area contributed by atoms with Gasteiger partial charge in [-0.1, -0.05) is 31.2 Å². The summed E-state index contributed by atoms with van der Waals surface area (Å²) in [6.45, 7) is 13.5. The molecule has 32 heavy (non-hydrogen) atoms. The second-order valence-corrected chi connectivity index (χ2v) is 9.04. The van der Waals surface area contributed by atoms with Gasteiger partial charge in [-0.3, -0.25) is 0 Å². The molecule has 0 spiro atoms. The molecule has 2 aliphatic rings. The lowest BCUT2D eigenvalue weighted by Gasteiger charge is -2.36. The lowest BCUT2D eigenvalue weighted by molar-refractivity contribution is -0.00545. The lowest BCUT2D eigenvalue weighted by atomic mass is 10.1. The number of piperazine rings is 1. The minimum atomic E-state index is 0.220. The van der Waals surface area contributed by atoms with Gasteiger partial charge in [-0.05, 0) is 44.0 Å². The molecule has 168 valence electrons. The molecule has 2 aliphatic heterocycles. The third kappa shape index (κ3) is 4.30. The van der Waals surface area contributed by atoms with Crippen molar-refractivity contribution in [3.05, 3.63) is 48.7 Å². The predicted molar refractivity (Wildman–Crippen MR) is 132 cm³/mol. The third-order valence-corrected chi connectivity index (χ3v) is 6.63. The number of fused-ring (bicyclic) bond motifs is 1. The van der Waals surface area contributed by atoms with Gasteiger partial charge in [-0.2, -0.15) is 0 Å². The van der Waals surface area contributed by atoms with Crippen molar-refractivity contribution >= 4 is 22.4 Å². The summed E-state index contributed by atoms with van der Waals surface area (Å²) in [7, 11) is 0. The number of nitrogens with zero attached hydrogens (tertiary/aromatic N) is 5. The highest BCUT2D eigenvalue weighted by Crippen LogP contribution is 2.31. The smallest absolute Gasteiger partial charge is 0.137 e. The van der Waals surface area contributed by atoms with Crippen LogP contribution in [-0.4, -0.2) is 72.9 Å². The molecule has 4 heterocycles. The minimum absolute atomic E-state index is 0.220. The fourth-order valence-corrected chi connectivity index (χ4v) is 4.93. The summed E-state index contributed by atoms with van der Waals surface area (Å²) in [6, 6.07) is 15.1. The molecule has 0 saturated carbocycles. The highest BCUT2D eigenvalue weighted by Gasteiger charge is 2.23. The molecule has 0 N–H and O–H groups in total. The molecule has 0 amide bonds. The van der Waals surface area contributed by atoms with Crippen LogP contribution in [0.1, 0.15) is 20.8 Å². The first-order valence-corrected chi connectivity index (χ1v) is 11.8. The molecule has 6 nitrogen and oxygen atoms in total. The Morgan fingerprint density at radius 2 is 1.69 bits per heavy atom. The SMILES string of the molecule is CCN1CCN(c2nc(-c3ccc(N4C[C@@H](C)O[C@@H](C)C4)nc3)cc3ccccc23)CC1. The molecule has 5 rings (SSSR count). The average Bonchev–Trinajstić information content (AvgIpc) is 2.83. The maximum absolute atomic E-state index is 5.87. The molecule has 6 heteroatoms.